The summed E-state index contributed by atoms with van der Waals surface area (Å²) >= 11 is 0. The molecule has 0 aromatic heterocycles. The van der Waals surface area contributed by atoms with Crippen LogP contribution in [0.4, 0.5) is 8.78 Å². The van der Waals surface area contributed by atoms with Gasteiger partial charge in [0.25, 0.3) is 0 Å². The van der Waals surface area contributed by atoms with Gasteiger partial charge in [-0.15, -0.1) is 0 Å². The highest BCUT2D eigenvalue weighted by atomic mass is 19.1. The highest BCUT2D eigenvalue weighted by Gasteiger charge is 2.23. The summed E-state index contributed by atoms with van der Waals surface area (Å²) < 4.78 is 26.9. The first-order valence-electron chi connectivity index (χ1n) is 6.72. The summed E-state index contributed by atoms with van der Waals surface area (Å²) in [5.74, 6) is -1.88. The van der Waals surface area contributed by atoms with Gasteiger partial charge in [-0.3, -0.25) is 4.79 Å². The summed E-state index contributed by atoms with van der Waals surface area (Å²) in [6.07, 6.45) is 1.34. The Morgan fingerprint density at radius 1 is 1.40 bits per heavy atom. The molecule has 0 saturated carbocycles. The Balaban J connectivity index is 1.91. The zero-order valence-corrected chi connectivity index (χ0v) is 11.0. The predicted octanol–water partition coefficient (Wildman–Crippen LogP) is 1.26. The lowest BCUT2D eigenvalue weighted by atomic mass is 10.0. The summed E-state index contributed by atoms with van der Waals surface area (Å²) in [6.45, 7) is 0.567. The average molecular weight is 284 g/mol. The molecule has 1 fully saturated rings. The molecule has 20 heavy (non-hydrogen) atoms. The standard InChI is InChI=1S/C14H18F2N2O2/c15-9-4-3-5-10(16)13(9)12(19)8-18-14(20)11-6-1-2-7-17-11/h3-5,11-12,17,19H,1-2,6-8H2,(H,18,20). The van der Waals surface area contributed by atoms with Gasteiger partial charge in [0.05, 0.1) is 11.6 Å². The minimum Gasteiger partial charge on any atom is -0.386 e. The number of aliphatic hydroxyl groups is 1. The molecule has 6 heteroatoms. The number of rotatable bonds is 4. The van der Waals surface area contributed by atoms with E-state index in [2.05, 4.69) is 10.6 Å². The first-order chi connectivity index (χ1) is 9.59. The number of piperidine rings is 1. The normalized spacial score (nSPS) is 20.4. The maximum absolute atomic E-state index is 13.5. The molecule has 1 heterocycles. The summed E-state index contributed by atoms with van der Waals surface area (Å²) in [6, 6.07) is 3.09. The monoisotopic (exact) mass is 284 g/mol. The maximum atomic E-state index is 13.5. The Kier molecular flexibility index (Phi) is 5.03. The zero-order valence-electron chi connectivity index (χ0n) is 11.0. The van der Waals surface area contributed by atoms with Crippen LogP contribution >= 0.6 is 0 Å². The van der Waals surface area contributed by atoms with E-state index in [1.165, 1.54) is 6.07 Å². The number of hydrogen-bond acceptors (Lipinski definition) is 3. The molecule has 4 nitrogen and oxygen atoms in total. The molecule has 1 amide bonds. The van der Waals surface area contributed by atoms with Gasteiger partial charge in [-0.05, 0) is 31.5 Å². The van der Waals surface area contributed by atoms with Crippen LogP contribution in [0.15, 0.2) is 18.2 Å². The molecule has 0 radical (unpaired) electrons. The lowest BCUT2D eigenvalue weighted by Gasteiger charge is -2.23. The van der Waals surface area contributed by atoms with Crippen LogP contribution in [-0.2, 0) is 4.79 Å². The molecule has 2 atom stereocenters. The third-order valence-electron chi connectivity index (χ3n) is 3.43. The van der Waals surface area contributed by atoms with Crippen molar-refractivity contribution < 1.29 is 18.7 Å². The first-order valence-corrected chi connectivity index (χ1v) is 6.72. The molecule has 0 bridgehead atoms. The van der Waals surface area contributed by atoms with E-state index >= 15 is 0 Å². The number of halogens is 2. The van der Waals surface area contributed by atoms with Crippen molar-refractivity contribution >= 4 is 5.91 Å². The van der Waals surface area contributed by atoms with E-state index in [1.807, 2.05) is 0 Å². The smallest absolute Gasteiger partial charge is 0.237 e. The van der Waals surface area contributed by atoms with Crippen LogP contribution in [0.25, 0.3) is 0 Å². The summed E-state index contributed by atoms with van der Waals surface area (Å²) in [5.41, 5.74) is -0.413. The Morgan fingerprint density at radius 3 is 2.70 bits per heavy atom. The second-order valence-corrected chi connectivity index (χ2v) is 4.90. The van der Waals surface area contributed by atoms with E-state index in [0.717, 1.165) is 37.9 Å². The topological polar surface area (TPSA) is 61.4 Å². The van der Waals surface area contributed by atoms with Crippen molar-refractivity contribution in [1.82, 2.24) is 10.6 Å². The van der Waals surface area contributed by atoms with Crippen molar-refractivity contribution in [3.05, 3.63) is 35.4 Å². The highest BCUT2D eigenvalue weighted by Crippen LogP contribution is 2.20. The lowest BCUT2D eigenvalue weighted by Crippen LogP contribution is -2.47. The van der Waals surface area contributed by atoms with Crippen molar-refractivity contribution in [2.45, 2.75) is 31.4 Å². The molecule has 1 aromatic carbocycles. The predicted molar refractivity (Wildman–Crippen MR) is 70.0 cm³/mol. The van der Waals surface area contributed by atoms with E-state index < -0.39 is 23.3 Å². The van der Waals surface area contributed by atoms with E-state index in [1.54, 1.807) is 0 Å². The fraction of sp³-hybridized carbons (Fsp3) is 0.500. The Labute approximate surface area is 116 Å². The number of carbonyl (C=O) groups is 1. The highest BCUT2D eigenvalue weighted by molar-refractivity contribution is 5.81. The molecular formula is C14H18F2N2O2. The third-order valence-corrected chi connectivity index (χ3v) is 3.43. The van der Waals surface area contributed by atoms with Crippen LogP contribution in [0.3, 0.4) is 0 Å². The lowest BCUT2D eigenvalue weighted by molar-refractivity contribution is -0.124. The number of hydrogen-bond donors (Lipinski definition) is 3. The zero-order chi connectivity index (χ0) is 14.5. The number of amides is 1. The number of carbonyl (C=O) groups excluding carboxylic acids is 1. The number of benzene rings is 1. The maximum Gasteiger partial charge on any atom is 0.237 e. The molecule has 110 valence electrons. The van der Waals surface area contributed by atoms with E-state index in [-0.39, 0.29) is 18.5 Å². The summed E-state index contributed by atoms with van der Waals surface area (Å²) in [5, 5.41) is 15.4. The number of aliphatic hydroxyl groups excluding tert-OH is 1. The Morgan fingerprint density at radius 2 is 2.10 bits per heavy atom. The second-order valence-electron chi connectivity index (χ2n) is 4.90. The van der Waals surface area contributed by atoms with Gasteiger partial charge in [-0.2, -0.15) is 0 Å². The van der Waals surface area contributed by atoms with Crippen molar-refractivity contribution in [2.75, 3.05) is 13.1 Å². The minimum absolute atomic E-state index is 0.213. The van der Waals surface area contributed by atoms with Crippen LogP contribution in [0, 0.1) is 11.6 Å². The average Bonchev–Trinajstić information content (AvgIpc) is 2.45. The molecule has 0 aliphatic carbocycles. The van der Waals surface area contributed by atoms with Gasteiger partial charge in [-0.25, -0.2) is 8.78 Å². The van der Waals surface area contributed by atoms with Gasteiger partial charge >= 0.3 is 0 Å². The number of nitrogens with one attached hydrogen (secondary N) is 2. The molecule has 3 N–H and O–H groups in total. The van der Waals surface area contributed by atoms with Crippen molar-refractivity contribution in [3.8, 4) is 0 Å². The molecule has 2 unspecified atom stereocenters. The van der Waals surface area contributed by atoms with Gasteiger partial charge in [0.1, 0.15) is 17.7 Å². The first kappa shape index (κ1) is 14.9. The summed E-state index contributed by atoms with van der Waals surface area (Å²) in [7, 11) is 0. The van der Waals surface area contributed by atoms with Crippen LogP contribution in [-0.4, -0.2) is 30.1 Å². The van der Waals surface area contributed by atoms with Gasteiger partial charge in [0.15, 0.2) is 0 Å². The van der Waals surface area contributed by atoms with Crippen molar-refractivity contribution in [2.24, 2.45) is 0 Å². The van der Waals surface area contributed by atoms with Crippen molar-refractivity contribution in [1.29, 1.82) is 0 Å². The molecule has 1 aliphatic heterocycles. The minimum atomic E-state index is -1.40. The fourth-order valence-corrected chi connectivity index (χ4v) is 2.33. The van der Waals surface area contributed by atoms with Crippen LogP contribution in [0.1, 0.15) is 30.9 Å². The van der Waals surface area contributed by atoms with E-state index in [9.17, 15) is 18.7 Å². The fourth-order valence-electron chi connectivity index (χ4n) is 2.33. The van der Waals surface area contributed by atoms with Crippen LogP contribution < -0.4 is 10.6 Å². The Bertz CT molecular complexity index is 456. The second kappa shape index (κ2) is 6.76. The third kappa shape index (κ3) is 3.52. The molecule has 1 saturated heterocycles. The molecular weight excluding hydrogens is 266 g/mol. The van der Waals surface area contributed by atoms with Gasteiger partial charge in [0.2, 0.25) is 5.91 Å². The van der Waals surface area contributed by atoms with E-state index in [0.29, 0.717) is 0 Å². The molecule has 0 spiro atoms. The largest absolute Gasteiger partial charge is 0.386 e. The van der Waals surface area contributed by atoms with Crippen LogP contribution in [0.2, 0.25) is 0 Å². The van der Waals surface area contributed by atoms with Crippen molar-refractivity contribution in [3.63, 3.8) is 0 Å². The molecule has 2 rings (SSSR count). The van der Waals surface area contributed by atoms with Gasteiger partial charge in [-0.1, -0.05) is 12.5 Å². The quantitative estimate of drug-likeness (QED) is 0.780. The van der Waals surface area contributed by atoms with E-state index in [4.69, 9.17) is 0 Å². The van der Waals surface area contributed by atoms with Gasteiger partial charge < -0.3 is 15.7 Å². The molecule has 1 aromatic rings. The summed E-state index contributed by atoms with van der Waals surface area (Å²) in [4.78, 5) is 11.8. The molecule has 1 aliphatic rings. The Hall–Kier alpha value is -1.53. The SMILES string of the molecule is O=C(NCC(O)c1c(F)cccc1F)C1CCCCN1. The van der Waals surface area contributed by atoms with Crippen LogP contribution in [0.5, 0.6) is 0 Å². The van der Waals surface area contributed by atoms with Gasteiger partial charge in [0, 0.05) is 6.54 Å².